The molecule has 0 atom stereocenters. The van der Waals surface area contributed by atoms with E-state index in [1.54, 1.807) is 0 Å². The summed E-state index contributed by atoms with van der Waals surface area (Å²) in [5.74, 6) is 1.25. The predicted molar refractivity (Wildman–Crippen MR) is 75.2 cm³/mol. The predicted octanol–water partition coefficient (Wildman–Crippen LogP) is 5.22. The molecule has 0 bridgehead atoms. The Labute approximate surface area is 104 Å². The minimum atomic E-state index is 1.24. The lowest BCUT2D eigenvalue weighted by Gasteiger charge is -2.01. The van der Waals surface area contributed by atoms with E-state index in [0.29, 0.717) is 0 Å². The molecule has 1 rings (SSSR count). The first kappa shape index (κ1) is 13.4. The minimum Gasteiger partial charge on any atom is -0.126 e. The van der Waals surface area contributed by atoms with Gasteiger partial charge in [-0.05, 0) is 51.0 Å². The van der Waals surface area contributed by atoms with E-state index in [2.05, 4.69) is 50.3 Å². The van der Waals surface area contributed by atoms with E-state index in [1.807, 2.05) is 11.8 Å². The Morgan fingerprint density at radius 2 is 1.81 bits per heavy atom. The molecule has 0 fully saturated rings. The Bertz CT molecular complexity index is 298. The summed E-state index contributed by atoms with van der Waals surface area (Å²) in [7, 11) is 0. The summed E-state index contributed by atoms with van der Waals surface area (Å²) >= 11 is 1.97. The quantitative estimate of drug-likeness (QED) is 0.354. The summed E-state index contributed by atoms with van der Waals surface area (Å²) < 4.78 is 0. The van der Waals surface area contributed by atoms with Gasteiger partial charge in [-0.2, -0.15) is 0 Å². The van der Waals surface area contributed by atoms with Crippen LogP contribution < -0.4 is 0 Å². The van der Waals surface area contributed by atoms with Crippen molar-refractivity contribution in [2.75, 3.05) is 5.75 Å². The fourth-order valence-corrected chi connectivity index (χ4v) is 2.44. The molecule has 1 heteroatoms. The van der Waals surface area contributed by atoms with Crippen molar-refractivity contribution in [1.82, 2.24) is 0 Å². The van der Waals surface area contributed by atoms with Gasteiger partial charge < -0.3 is 0 Å². The highest BCUT2D eigenvalue weighted by atomic mass is 32.2. The molecule has 0 amide bonds. The Morgan fingerprint density at radius 3 is 2.50 bits per heavy atom. The minimum absolute atomic E-state index is 1.24. The molecule has 0 unspecified atom stereocenters. The van der Waals surface area contributed by atoms with Crippen molar-refractivity contribution in [3.63, 3.8) is 0 Å². The van der Waals surface area contributed by atoms with Crippen molar-refractivity contribution in [3.05, 3.63) is 42.0 Å². The summed E-state index contributed by atoms with van der Waals surface area (Å²) in [5.41, 5.74) is 1.34. The number of hydrogen-bond donors (Lipinski definition) is 0. The first-order chi connectivity index (χ1) is 7.83. The second-order valence-electron chi connectivity index (χ2n) is 4.08. The Balaban J connectivity index is 2.05. The zero-order valence-electron chi connectivity index (χ0n) is 10.4. The number of allylic oxidation sites excluding steroid dienone is 2. The van der Waals surface area contributed by atoms with E-state index in [1.165, 1.54) is 41.9 Å². The fraction of sp³-hybridized carbons (Fsp3) is 0.467. The highest BCUT2D eigenvalue weighted by molar-refractivity contribution is 7.99. The zero-order chi connectivity index (χ0) is 11.6. The third-order valence-electron chi connectivity index (χ3n) is 2.54. The lowest BCUT2D eigenvalue weighted by Crippen LogP contribution is -1.81. The van der Waals surface area contributed by atoms with Gasteiger partial charge in [-0.25, -0.2) is 0 Å². The number of thioether (sulfide) groups is 1. The summed E-state index contributed by atoms with van der Waals surface area (Å²) in [6.07, 6.45) is 9.65. The lowest BCUT2D eigenvalue weighted by molar-refractivity contribution is 0.734. The Morgan fingerprint density at radius 1 is 1.06 bits per heavy atom. The molecule has 0 radical (unpaired) electrons. The summed E-state index contributed by atoms with van der Waals surface area (Å²) in [6.45, 7) is 4.23. The first-order valence-electron chi connectivity index (χ1n) is 6.13. The molecule has 0 saturated heterocycles. The maximum absolute atomic E-state index is 2.26. The van der Waals surface area contributed by atoms with Crippen LogP contribution in [0.15, 0.2) is 41.3 Å². The van der Waals surface area contributed by atoms with Gasteiger partial charge >= 0.3 is 0 Å². The topological polar surface area (TPSA) is 0 Å². The molecular weight excluding hydrogens is 212 g/mol. The van der Waals surface area contributed by atoms with Crippen LogP contribution in [0.5, 0.6) is 0 Å². The normalized spacial score (nSPS) is 11.1. The van der Waals surface area contributed by atoms with Gasteiger partial charge in [0.05, 0.1) is 0 Å². The molecule has 16 heavy (non-hydrogen) atoms. The summed E-state index contributed by atoms with van der Waals surface area (Å²) in [5, 5.41) is 0. The second-order valence-corrected chi connectivity index (χ2v) is 5.25. The van der Waals surface area contributed by atoms with Crippen molar-refractivity contribution in [1.29, 1.82) is 0 Å². The van der Waals surface area contributed by atoms with E-state index in [9.17, 15) is 0 Å². The SMILES string of the molecule is C/C=C/CCCCCSc1ccc(C)cc1. The number of unbranched alkanes of at least 4 members (excludes halogenated alkanes) is 3. The van der Waals surface area contributed by atoms with Gasteiger partial charge in [-0.15, -0.1) is 11.8 Å². The van der Waals surface area contributed by atoms with E-state index in [-0.39, 0.29) is 0 Å². The molecular formula is C15H22S. The fourth-order valence-electron chi connectivity index (χ4n) is 1.53. The van der Waals surface area contributed by atoms with Crippen LogP contribution in [0.2, 0.25) is 0 Å². The molecule has 0 nitrogen and oxygen atoms in total. The molecule has 0 aromatic heterocycles. The van der Waals surface area contributed by atoms with E-state index in [0.717, 1.165) is 0 Å². The van der Waals surface area contributed by atoms with Crippen molar-refractivity contribution in [2.24, 2.45) is 0 Å². The highest BCUT2D eigenvalue weighted by Crippen LogP contribution is 2.20. The monoisotopic (exact) mass is 234 g/mol. The van der Waals surface area contributed by atoms with Gasteiger partial charge in [0.1, 0.15) is 0 Å². The van der Waals surface area contributed by atoms with Gasteiger partial charge in [0.25, 0.3) is 0 Å². The van der Waals surface area contributed by atoms with Gasteiger partial charge in [-0.3, -0.25) is 0 Å². The van der Waals surface area contributed by atoms with Crippen molar-refractivity contribution < 1.29 is 0 Å². The van der Waals surface area contributed by atoms with E-state index >= 15 is 0 Å². The molecule has 88 valence electrons. The van der Waals surface area contributed by atoms with Crippen LogP contribution in [0.3, 0.4) is 0 Å². The first-order valence-corrected chi connectivity index (χ1v) is 7.12. The average molecular weight is 234 g/mol. The highest BCUT2D eigenvalue weighted by Gasteiger charge is 1.93. The summed E-state index contributed by atoms with van der Waals surface area (Å²) in [4.78, 5) is 1.40. The van der Waals surface area contributed by atoms with Gasteiger partial charge in [-0.1, -0.05) is 36.3 Å². The zero-order valence-corrected chi connectivity index (χ0v) is 11.2. The standard InChI is InChI=1S/C15H22S/c1-3-4-5-6-7-8-13-16-15-11-9-14(2)10-12-15/h3-4,9-12H,5-8,13H2,1-2H3/b4-3+. The van der Waals surface area contributed by atoms with Crippen molar-refractivity contribution in [2.45, 2.75) is 44.4 Å². The molecule has 1 aromatic rings. The van der Waals surface area contributed by atoms with Crippen molar-refractivity contribution in [3.8, 4) is 0 Å². The maximum atomic E-state index is 2.26. The Hall–Kier alpha value is -0.690. The third-order valence-corrected chi connectivity index (χ3v) is 3.64. The molecule has 1 aromatic carbocycles. The molecule has 0 aliphatic heterocycles. The van der Waals surface area contributed by atoms with E-state index < -0.39 is 0 Å². The van der Waals surface area contributed by atoms with E-state index in [4.69, 9.17) is 0 Å². The molecule has 0 saturated carbocycles. The van der Waals surface area contributed by atoms with Crippen LogP contribution in [0, 0.1) is 6.92 Å². The average Bonchev–Trinajstić information content (AvgIpc) is 2.30. The lowest BCUT2D eigenvalue weighted by atomic mass is 10.2. The van der Waals surface area contributed by atoms with Crippen LogP contribution in [0.4, 0.5) is 0 Å². The maximum Gasteiger partial charge on any atom is 0.00721 e. The molecule has 0 N–H and O–H groups in total. The largest absolute Gasteiger partial charge is 0.126 e. The molecule has 0 aliphatic carbocycles. The van der Waals surface area contributed by atoms with Crippen LogP contribution in [-0.2, 0) is 0 Å². The van der Waals surface area contributed by atoms with Gasteiger partial charge in [0.15, 0.2) is 0 Å². The van der Waals surface area contributed by atoms with Crippen molar-refractivity contribution >= 4 is 11.8 Å². The number of benzene rings is 1. The smallest absolute Gasteiger partial charge is 0.00721 e. The molecule has 0 aliphatic rings. The van der Waals surface area contributed by atoms with Crippen LogP contribution in [-0.4, -0.2) is 5.75 Å². The van der Waals surface area contributed by atoms with Crippen LogP contribution in [0.1, 0.15) is 38.2 Å². The Kier molecular flexibility index (Phi) is 7.07. The third kappa shape index (κ3) is 6.02. The van der Waals surface area contributed by atoms with Crippen LogP contribution in [0.25, 0.3) is 0 Å². The van der Waals surface area contributed by atoms with Gasteiger partial charge in [0, 0.05) is 4.90 Å². The molecule has 0 heterocycles. The second kappa shape index (κ2) is 8.46. The number of rotatable bonds is 7. The number of hydrogen-bond acceptors (Lipinski definition) is 1. The number of aryl methyl sites for hydroxylation is 1. The molecule has 0 spiro atoms. The van der Waals surface area contributed by atoms with Crippen LogP contribution >= 0.6 is 11.8 Å². The summed E-state index contributed by atoms with van der Waals surface area (Å²) in [6, 6.07) is 8.82. The van der Waals surface area contributed by atoms with Gasteiger partial charge in [0.2, 0.25) is 0 Å².